The Hall–Kier alpha value is -5.21. The van der Waals surface area contributed by atoms with Gasteiger partial charge in [0.25, 0.3) is 5.91 Å². The molecule has 3 heterocycles. The summed E-state index contributed by atoms with van der Waals surface area (Å²) in [4.78, 5) is 50.2. The van der Waals surface area contributed by atoms with E-state index in [-0.39, 0.29) is 23.6 Å². The van der Waals surface area contributed by atoms with Crippen LogP contribution in [0.15, 0.2) is 60.8 Å². The molecule has 14 heteroatoms. The Morgan fingerprint density at radius 1 is 1.00 bits per heavy atom. The van der Waals surface area contributed by atoms with E-state index in [4.69, 9.17) is 9.47 Å². The van der Waals surface area contributed by atoms with Crippen LogP contribution in [0.4, 0.5) is 10.6 Å². The van der Waals surface area contributed by atoms with Crippen molar-refractivity contribution in [2.24, 2.45) is 0 Å². The SMILES string of the molecule is CN(C)CCOCCNC(=O)c1nc(NC(=O)N[C@@]2(C=O)C=C[C@@H](Oc3ccc4nnc(C(C)(C)C)n4c3)c3ccccc32)cc(C(C)(C)C)n1. The highest BCUT2D eigenvalue weighted by Gasteiger charge is 2.38. The van der Waals surface area contributed by atoms with Crippen LogP contribution >= 0.6 is 0 Å². The minimum atomic E-state index is -1.51. The van der Waals surface area contributed by atoms with Crippen molar-refractivity contribution < 1.29 is 23.9 Å². The number of likely N-dealkylation sites (N-methyl/N-ethyl adjacent to an activating group) is 1. The number of nitrogens with one attached hydrogen (secondary N) is 3. The molecule has 270 valence electrons. The second kappa shape index (κ2) is 15.0. The summed E-state index contributed by atoms with van der Waals surface area (Å²) in [5, 5.41) is 16.9. The molecule has 14 nitrogen and oxygen atoms in total. The number of rotatable bonds is 12. The molecule has 0 bridgehead atoms. The molecule has 1 aliphatic carbocycles. The molecule has 1 aliphatic rings. The van der Waals surface area contributed by atoms with Gasteiger partial charge in [0.15, 0.2) is 11.9 Å². The second-order valence-electron chi connectivity index (χ2n) is 14.8. The minimum Gasteiger partial charge on any atom is -0.480 e. The maximum Gasteiger partial charge on any atom is 0.321 e. The van der Waals surface area contributed by atoms with Crippen molar-refractivity contribution in [3.63, 3.8) is 0 Å². The smallest absolute Gasteiger partial charge is 0.321 e. The van der Waals surface area contributed by atoms with E-state index in [1.807, 2.05) is 74.6 Å². The topological polar surface area (TPSA) is 165 Å². The maximum atomic E-state index is 13.6. The zero-order valence-corrected chi connectivity index (χ0v) is 30.5. The Morgan fingerprint density at radius 2 is 1.76 bits per heavy atom. The molecule has 0 unspecified atom stereocenters. The molecule has 3 N–H and O–H groups in total. The minimum absolute atomic E-state index is 0.0988. The largest absolute Gasteiger partial charge is 0.480 e. The number of aromatic nitrogens is 5. The van der Waals surface area contributed by atoms with Gasteiger partial charge in [-0.1, -0.05) is 65.8 Å². The fourth-order valence-corrected chi connectivity index (χ4v) is 5.49. The van der Waals surface area contributed by atoms with E-state index < -0.39 is 29.0 Å². The molecule has 2 atom stereocenters. The van der Waals surface area contributed by atoms with Crippen molar-refractivity contribution in [3.05, 3.63) is 89.3 Å². The van der Waals surface area contributed by atoms with Gasteiger partial charge in [-0.2, -0.15) is 0 Å². The monoisotopic (exact) mass is 697 g/mol. The summed E-state index contributed by atoms with van der Waals surface area (Å²) >= 11 is 0. The molecule has 51 heavy (non-hydrogen) atoms. The summed E-state index contributed by atoms with van der Waals surface area (Å²) in [7, 11) is 3.91. The van der Waals surface area contributed by atoms with Crippen LogP contribution < -0.4 is 20.7 Å². The molecule has 0 fully saturated rings. The van der Waals surface area contributed by atoms with Gasteiger partial charge in [-0.15, -0.1) is 10.2 Å². The fourth-order valence-electron chi connectivity index (χ4n) is 5.49. The highest BCUT2D eigenvalue weighted by atomic mass is 16.5. The van der Waals surface area contributed by atoms with Gasteiger partial charge in [0.2, 0.25) is 5.82 Å². The van der Waals surface area contributed by atoms with Gasteiger partial charge >= 0.3 is 6.03 Å². The number of carbonyl (C=O) groups excluding carboxylic acids is 3. The highest BCUT2D eigenvalue weighted by Crippen LogP contribution is 2.37. The number of benzene rings is 1. The van der Waals surface area contributed by atoms with Crippen LogP contribution in [0.5, 0.6) is 5.75 Å². The average molecular weight is 698 g/mol. The lowest BCUT2D eigenvalue weighted by molar-refractivity contribution is -0.111. The number of ether oxygens (including phenoxy) is 2. The summed E-state index contributed by atoms with van der Waals surface area (Å²) in [6.45, 7) is 13.9. The van der Waals surface area contributed by atoms with Crippen LogP contribution in [0.1, 0.15) is 80.9 Å². The van der Waals surface area contributed by atoms with Gasteiger partial charge in [0.05, 0.1) is 25.1 Å². The number of carbonyl (C=O) groups is 3. The summed E-state index contributed by atoms with van der Waals surface area (Å²) in [6.07, 6.45) is 5.33. The third-order valence-corrected chi connectivity index (χ3v) is 8.22. The first kappa shape index (κ1) is 37.1. The van der Waals surface area contributed by atoms with Gasteiger partial charge in [-0.05, 0) is 43.9 Å². The van der Waals surface area contributed by atoms with E-state index in [1.165, 1.54) is 0 Å². The van der Waals surface area contributed by atoms with Crippen molar-refractivity contribution in [1.29, 1.82) is 0 Å². The van der Waals surface area contributed by atoms with Crippen molar-refractivity contribution in [2.45, 2.75) is 64.0 Å². The molecular weight excluding hydrogens is 650 g/mol. The van der Waals surface area contributed by atoms with E-state index in [1.54, 1.807) is 30.4 Å². The van der Waals surface area contributed by atoms with Crippen molar-refractivity contribution in [1.82, 2.24) is 40.1 Å². The summed E-state index contributed by atoms with van der Waals surface area (Å²) in [6, 6.07) is 11.9. The zero-order valence-electron chi connectivity index (χ0n) is 30.5. The second-order valence-corrected chi connectivity index (χ2v) is 14.8. The van der Waals surface area contributed by atoms with E-state index in [9.17, 15) is 14.4 Å². The zero-order chi connectivity index (χ0) is 37.0. The standard InChI is InChI=1S/C37H47N9O5/c1-35(2,3)28-21-29(40-31(39-28)32(48)38-17-19-50-20-18-45(7)8)41-34(49)42-37(23-47)16-15-27(25-11-9-10-12-26(25)37)51-24-13-14-30-43-44-33(36(4,5)6)46(30)22-24/h9-16,21-23,27H,17-20H2,1-8H3,(H,38,48)(H2,39,40,41,42,49)/t27-,37-/m1/s1. The predicted octanol–water partition coefficient (Wildman–Crippen LogP) is 4.33. The lowest BCUT2D eigenvalue weighted by Gasteiger charge is -2.34. The van der Waals surface area contributed by atoms with E-state index >= 15 is 0 Å². The third-order valence-electron chi connectivity index (χ3n) is 8.22. The first-order chi connectivity index (χ1) is 24.1. The summed E-state index contributed by atoms with van der Waals surface area (Å²) in [5.41, 5.74) is 0.298. The number of nitrogens with zero attached hydrogens (tertiary/aromatic N) is 6. The van der Waals surface area contributed by atoms with Gasteiger partial charge in [0, 0.05) is 35.5 Å². The van der Waals surface area contributed by atoms with Gasteiger partial charge in [-0.25, -0.2) is 14.8 Å². The Labute approximate surface area is 298 Å². The third kappa shape index (κ3) is 8.75. The molecule has 0 spiro atoms. The predicted molar refractivity (Wildman–Crippen MR) is 193 cm³/mol. The number of urea groups is 1. The van der Waals surface area contributed by atoms with Crippen LogP contribution in [0, 0.1) is 0 Å². The molecule has 1 aromatic carbocycles. The van der Waals surface area contributed by atoms with Crippen LogP contribution in [-0.4, -0.2) is 88.1 Å². The number of hydrogen-bond acceptors (Lipinski definition) is 10. The first-order valence-electron chi connectivity index (χ1n) is 16.9. The lowest BCUT2D eigenvalue weighted by atomic mass is 9.81. The fraction of sp³-hybridized carbons (Fsp3) is 0.432. The quantitative estimate of drug-likeness (QED) is 0.110. The van der Waals surface area contributed by atoms with E-state index in [0.717, 1.165) is 12.4 Å². The van der Waals surface area contributed by atoms with E-state index in [2.05, 4.69) is 56.9 Å². The number of anilines is 1. The Bertz CT molecular complexity index is 1930. The molecule has 0 radical (unpaired) electrons. The molecule has 0 saturated heterocycles. The molecule has 3 aromatic heterocycles. The number of amides is 3. The van der Waals surface area contributed by atoms with Crippen LogP contribution in [0.25, 0.3) is 5.65 Å². The molecule has 0 aliphatic heterocycles. The van der Waals surface area contributed by atoms with Crippen LogP contribution in [0.3, 0.4) is 0 Å². The van der Waals surface area contributed by atoms with Crippen molar-refractivity contribution >= 4 is 29.7 Å². The van der Waals surface area contributed by atoms with Crippen molar-refractivity contribution in [2.75, 3.05) is 45.7 Å². The first-order valence-corrected chi connectivity index (χ1v) is 16.9. The van der Waals surface area contributed by atoms with Crippen LogP contribution in [-0.2, 0) is 25.9 Å². The molecule has 5 rings (SSSR count). The number of aldehydes is 1. The normalized spacial score (nSPS) is 17.2. The highest BCUT2D eigenvalue weighted by molar-refractivity contribution is 5.94. The Morgan fingerprint density at radius 3 is 2.47 bits per heavy atom. The molecule has 4 aromatic rings. The van der Waals surface area contributed by atoms with Crippen molar-refractivity contribution in [3.8, 4) is 5.75 Å². The Balaban J connectivity index is 1.33. The lowest BCUT2D eigenvalue weighted by Crippen LogP contribution is -2.49. The number of fused-ring (bicyclic) bond motifs is 2. The van der Waals surface area contributed by atoms with Gasteiger partial charge in [0.1, 0.15) is 29.0 Å². The van der Waals surface area contributed by atoms with Crippen LogP contribution in [0.2, 0.25) is 0 Å². The molecule has 0 saturated carbocycles. The maximum absolute atomic E-state index is 13.6. The summed E-state index contributed by atoms with van der Waals surface area (Å²) in [5.74, 6) is 0.882. The average Bonchev–Trinajstić information content (AvgIpc) is 3.51. The van der Waals surface area contributed by atoms with E-state index in [0.29, 0.717) is 47.7 Å². The number of pyridine rings is 1. The molecule has 3 amide bonds. The Kier molecular flexibility index (Phi) is 10.9. The summed E-state index contributed by atoms with van der Waals surface area (Å²) < 4.78 is 13.9. The number of hydrogen-bond donors (Lipinski definition) is 3. The van der Waals surface area contributed by atoms with Gasteiger partial charge < -0.3 is 25.0 Å². The molecular formula is C37H47N9O5. The van der Waals surface area contributed by atoms with Gasteiger partial charge in [-0.3, -0.25) is 19.3 Å².